The predicted octanol–water partition coefficient (Wildman–Crippen LogP) is 2.10. The lowest BCUT2D eigenvalue weighted by Crippen LogP contribution is -2.23. The van der Waals surface area contributed by atoms with Gasteiger partial charge in [-0.15, -0.1) is 0 Å². The molecule has 1 N–H and O–H groups in total. The van der Waals surface area contributed by atoms with Crippen molar-refractivity contribution in [1.29, 1.82) is 0 Å². The van der Waals surface area contributed by atoms with Crippen LogP contribution in [0.25, 0.3) is 5.82 Å². The van der Waals surface area contributed by atoms with Crippen LogP contribution in [-0.4, -0.2) is 20.7 Å². The minimum absolute atomic E-state index is 0.227. The van der Waals surface area contributed by atoms with Crippen LogP contribution in [0.3, 0.4) is 0 Å². The van der Waals surface area contributed by atoms with Gasteiger partial charge in [0.25, 0.3) is 5.91 Å². The summed E-state index contributed by atoms with van der Waals surface area (Å²) in [5.41, 5.74) is 1.76. The van der Waals surface area contributed by atoms with Crippen molar-refractivity contribution in [2.45, 2.75) is 13.5 Å². The maximum absolute atomic E-state index is 12.0. The number of furan rings is 1. The Bertz CT molecular complexity index is 747. The van der Waals surface area contributed by atoms with E-state index in [1.165, 1.54) is 6.26 Å². The summed E-state index contributed by atoms with van der Waals surface area (Å²) in [7, 11) is 0. The number of carbonyl (C=O) groups excluding carboxylic acids is 1. The molecule has 6 nitrogen and oxygen atoms in total. The second-order valence-electron chi connectivity index (χ2n) is 4.59. The molecule has 0 unspecified atom stereocenters. The number of nitrogens with one attached hydrogen (secondary N) is 1. The first-order chi connectivity index (χ1) is 10.2. The molecule has 0 aliphatic heterocycles. The van der Waals surface area contributed by atoms with E-state index in [2.05, 4.69) is 15.4 Å². The Balaban J connectivity index is 1.70. The van der Waals surface area contributed by atoms with Crippen LogP contribution >= 0.6 is 0 Å². The Morgan fingerprint density at radius 3 is 3.00 bits per heavy atom. The highest BCUT2D eigenvalue weighted by Crippen LogP contribution is 2.10. The van der Waals surface area contributed by atoms with Crippen molar-refractivity contribution in [1.82, 2.24) is 20.1 Å². The van der Waals surface area contributed by atoms with Crippen molar-refractivity contribution in [3.63, 3.8) is 0 Å². The largest absolute Gasteiger partial charge is 0.459 e. The normalized spacial score (nSPS) is 10.5. The van der Waals surface area contributed by atoms with Crippen molar-refractivity contribution in [2.24, 2.45) is 0 Å². The Hall–Kier alpha value is -2.89. The summed E-state index contributed by atoms with van der Waals surface area (Å²) in [6, 6.07) is 7.32. The van der Waals surface area contributed by atoms with E-state index >= 15 is 0 Å². The van der Waals surface area contributed by atoms with Gasteiger partial charge >= 0.3 is 0 Å². The smallest absolute Gasteiger partial charge is 0.287 e. The lowest BCUT2D eigenvalue weighted by atomic mass is 10.2. The Kier molecular flexibility index (Phi) is 3.51. The third-order valence-corrected chi connectivity index (χ3v) is 3.07. The fraction of sp³-hybridized carbons (Fsp3) is 0.133. The topological polar surface area (TPSA) is 73.0 Å². The first kappa shape index (κ1) is 13.1. The summed E-state index contributed by atoms with van der Waals surface area (Å²) in [6.07, 6.45) is 6.70. The van der Waals surface area contributed by atoms with E-state index < -0.39 is 0 Å². The van der Waals surface area contributed by atoms with Gasteiger partial charge in [-0.3, -0.25) is 4.79 Å². The van der Waals surface area contributed by atoms with Crippen molar-refractivity contribution < 1.29 is 9.21 Å². The van der Waals surface area contributed by atoms with Crippen molar-refractivity contribution in [3.05, 3.63) is 66.0 Å². The number of pyridine rings is 1. The summed E-state index contributed by atoms with van der Waals surface area (Å²) in [5.74, 6) is 0.826. The van der Waals surface area contributed by atoms with Gasteiger partial charge in [-0.2, -0.15) is 5.10 Å². The lowest BCUT2D eigenvalue weighted by Gasteiger charge is -2.06. The van der Waals surface area contributed by atoms with Gasteiger partial charge < -0.3 is 9.73 Å². The standard InChI is InChI=1S/C15H14N4O2/c1-11-4-8-21-14(11)15(20)17-10-12-3-6-16-13(9-12)19-7-2-5-18-19/h2-9H,10H2,1H3,(H,17,20). The van der Waals surface area contributed by atoms with Crippen LogP contribution in [-0.2, 0) is 6.54 Å². The second-order valence-corrected chi connectivity index (χ2v) is 4.59. The number of aryl methyl sites for hydroxylation is 1. The number of nitrogens with zero attached hydrogens (tertiary/aromatic N) is 3. The van der Waals surface area contributed by atoms with E-state index in [9.17, 15) is 4.79 Å². The molecule has 1 amide bonds. The molecule has 106 valence electrons. The zero-order chi connectivity index (χ0) is 14.7. The summed E-state index contributed by atoms with van der Waals surface area (Å²) < 4.78 is 6.83. The highest BCUT2D eigenvalue weighted by molar-refractivity contribution is 5.92. The lowest BCUT2D eigenvalue weighted by molar-refractivity contribution is 0.0922. The molecule has 0 saturated carbocycles. The molecule has 21 heavy (non-hydrogen) atoms. The summed E-state index contributed by atoms with van der Waals surface area (Å²) in [5, 5.41) is 6.95. The number of aromatic nitrogens is 3. The van der Waals surface area contributed by atoms with Crippen molar-refractivity contribution in [3.8, 4) is 5.82 Å². The molecule has 0 saturated heterocycles. The van der Waals surface area contributed by atoms with E-state index in [0.29, 0.717) is 18.1 Å². The molecular formula is C15H14N4O2. The van der Waals surface area contributed by atoms with E-state index in [4.69, 9.17) is 4.42 Å². The number of amides is 1. The zero-order valence-corrected chi connectivity index (χ0v) is 11.5. The van der Waals surface area contributed by atoms with Crippen LogP contribution < -0.4 is 5.32 Å². The SMILES string of the molecule is Cc1ccoc1C(=O)NCc1ccnc(-n2cccn2)c1. The molecule has 0 aliphatic carbocycles. The van der Waals surface area contributed by atoms with Gasteiger partial charge in [-0.05, 0) is 36.8 Å². The molecule has 0 spiro atoms. The molecule has 0 aromatic carbocycles. The Morgan fingerprint density at radius 1 is 1.38 bits per heavy atom. The van der Waals surface area contributed by atoms with Gasteiger partial charge in [0.2, 0.25) is 0 Å². The molecule has 3 heterocycles. The number of hydrogen-bond donors (Lipinski definition) is 1. The highest BCUT2D eigenvalue weighted by Gasteiger charge is 2.12. The molecule has 3 aromatic heterocycles. The highest BCUT2D eigenvalue weighted by atomic mass is 16.3. The van der Waals surface area contributed by atoms with E-state index in [0.717, 1.165) is 11.1 Å². The first-order valence-corrected chi connectivity index (χ1v) is 6.51. The second kappa shape index (κ2) is 5.62. The van der Waals surface area contributed by atoms with E-state index in [1.54, 1.807) is 23.1 Å². The monoisotopic (exact) mass is 282 g/mol. The number of rotatable bonds is 4. The average Bonchev–Trinajstić information content (AvgIpc) is 3.16. The van der Waals surface area contributed by atoms with Gasteiger partial charge in [-0.1, -0.05) is 0 Å². The first-order valence-electron chi connectivity index (χ1n) is 6.51. The average molecular weight is 282 g/mol. The third kappa shape index (κ3) is 2.84. The third-order valence-electron chi connectivity index (χ3n) is 3.07. The quantitative estimate of drug-likeness (QED) is 0.795. The Labute approximate surface area is 121 Å². The maximum atomic E-state index is 12.0. The van der Waals surface area contributed by atoms with Crippen LogP contribution in [0.1, 0.15) is 21.7 Å². The van der Waals surface area contributed by atoms with Gasteiger partial charge in [0.15, 0.2) is 11.6 Å². The summed E-state index contributed by atoms with van der Waals surface area (Å²) in [4.78, 5) is 16.2. The molecule has 3 aromatic rings. The molecule has 0 aliphatic rings. The van der Waals surface area contributed by atoms with Crippen LogP contribution in [0.2, 0.25) is 0 Å². The van der Waals surface area contributed by atoms with Gasteiger partial charge in [0, 0.05) is 30.7 Å². The minimum Gasteiger partial charge on any atom is -0.459 e. The molecule has 6 heteroatoms. The minimum atomic E-state index is -0.227. The maximum Gasteiger partial charge on any atom is 0.287 e. The predicted molar refractivity (Wildman–Crippen MR) is 76.0 cm³/mol. The summed E-state index contributed by atoms with van der Waals surface area (Å²) in [6.45, 7) is 2.23. The fourth-order valence-corrected chi connectivity index (χ4v) is 1.97. The molecule has 0 atom stereocenters. The van der Waals surface area contributed by atoms with E-state index in [1.807, 2.05) is 31.3 Å². The van der Waals surface area contributed by atoms with E-state index in [-0.39, 0.29) is 5.91 Å². The van der Waals surface area contributed by atoms with Crippen molar-refractivity contribution in [2.75, 3.05) is 0 Å². The molecule has 0 bridgehead atoms. The van der Waals surface area contributed by atoms with Crippen LogP contribution in [0.5, 0.6) is 0 Å². The number of hydrogen-bond acceptors (Lipinski definition) is 4. The van der Waals surface area contributed by atoms with Gasteiger partial charge in [0.1, 0.15) is 0 Å². The van der Waals surface area contributed by atoms with Crippen LogP contribution in [0, 0.1) is 6.92 Å². The molecule has 0 radical (unpaired) electrons. The van der Waals surface area contributed by atoms with Crippen LogP contribution in [0.15, 0.2) is 53.5 Å². The summed E-state index contributed by atoms with van der Waals surface area (Å²) >= 11 is 0. The molecule has 3 rings (SSSR count). The number of carbonyl (C=O) groups is 1. The molecular weight excluding hydrogens is 268 g/mol. The van der Waals surface area contributed by atoms with Crippen LogP contribution in [0.4, 0.5) is 0 Å². The van der Waals surface area contributed by atoms with Gasteiger partial charge in [0.05, 0.1) is 6.26 Å². The molecule has 0 fully saturated rings. The van der Waals surface area contributed by atoms with Gasteiger partial charge in [-0.25, -0.2) is 9.67 Å². The zero-order valence-electron chi connectivity index (χ0n) is 11.5. The van der Waals surface area contributed by atoms with Crippen molar-refractivity contribution >= 4 is 5.91 Å². The Morgan fingerprint density at radius 2 is 2.29 bits per heavy atom. The fourth-order valence-electron chi connectivity index (χ4n) is 1.97.